The van der Waals surface area contributed by atoms with Crippen molar-refractivity contribution in [3.05, 3.63) is 29.3 Å². The first-order valence-corrected chi connectivity index (χ1v) is 16.3. The van der Waals surface area contributed by atoms with Crippen LogP contribution in [0.2, 0.25) is 6.04 Å². The highest BCUT2D eigenvalue weighted by atomic mass is 28.3. The summed E-state index contributed by atoms with van der Waals surface area (Å²) in [4.78, 5) is 0. The summed E-state index contributed by atoms with van der Waals surface area (Å²) in [6.07, 6.45) is 16.1. The third kappa shape index (κ3) is 10.8. The summed E-state index contributed by atoms with van der Waals surface area (Å²) in [5.74, 6) is 2.49. The summed E-state index contributed by atoms with van der Waals surface area (Å²) < 4.78 is 18.7. The molecule has 0 radical (unpaired) electrons. The van der Waals surface area contributed by atoms with Crippen LogP contribution in [-0.2, 0) is 8.85 Å². The molecule has 1 aromatic rings. The van der Waals surface area contributed by atoms with Crippen LogP contribution in [0, 0.1) is 0 Å². The van der Waals surface area contributed by atoms with Crippen molar-refractivity contribution in [3.63, 3.8) is 0 Å². The topological polar surface area (TPSA) is 27.7 Å². The molecule has 1 aliphatic carbocycles. The predicted molar refractivity (Wildman–Crippen MR) is 149 cm³/mol. The normalized spacial score (nSPS) is 16.0. The molecule has 34 heavy (non-hydrogen) atoms. The molecule has 1 atom stereocenters. The Morgan fingerprint density at radius 3 is 2.18 bits per heavy atom. The van der Waals surface area contributed by atoms with E-state index in [0.29, 0.717) is 11.8 Å². The summed E-state index contributed by atoms with van der Waals surface area (Å²) in [6.45, 7) is 13.8. The van der Waals surface area contributed by atoms with E-state index in [-0.39, 0.29) is 12.2 Å². The van der Waals surface area contributed by atoms with Crippen LogP contribution in [0.25, 0.3) is 0 Å². The van der Waals surface area contributed by atoms with Gasteiger partial charge in [-0.3, -0.25) is 0 Å². The zero-order chi connectivity index (χ0) is 24.8. The van der Waals surface area contributed by atoms with Crippen molar-refractivity contribution >= 4 is 9.28 Å². The molecule has 0 N–H and O–H groups in total. The van der Waals surface area contributed by atoms with E-state index in [1.165, 1.54) is 76.2 Å². The number of benzene rings is 1. The lowest BCUT2D eigenvalue weighted by molar-refractivity contribution is 0.128. The Morgan fingerprint density at radius 2 is 1.56 bits per heavy atom. The first-order valence-electron chi connectivity index (χ1n) is 14.5. The summed E-state index contributed by atoms with van der Waals surface area (Å²) >= 11 is 0. The average molecular weight is 491 g/mol. The lowest BCUT2D eigenvalue weighted by Crippen LogP contribution is -2.29. The van der Waals surface area contributed by atoms with Crippen molar-refractivity contribution < 1.29 is 13.6 Å². The Balaban J connectivity index is 2.07. The molecule has 1 aliphatic rings. The van der Waals surface area contributed by atoms with E-state index in [1.807, 2.05) is 0 Å². The summed E-state index contributed by atoms with van der Waals surface area (Å²) in [5, 5.41) is 0. The van der Waals surface area contributed by atoms with E-state index >= 15 is 0 Å². The van der Waals surface area contributed by atoms with Gasteiger partial charge in [0, 0.05) is 12.2 Å². The molecule has 0 heterocycles. The van der Waals surface area contributed by atoms with E-state index < -0.39 is 9.28 Å². The zero-order valence-corrected chi connectivity index (χ0v) is 24.4. The fourth-order valence-corrected chi connectivity index (χ4v) is 7.41. The minimum absolute atomic E-state index is 0.232. The second-order valence-electron chi connectivity index (χ2n) is 10.9. The van der Waals surface area contributed by atoms with Crippen LogP contribution in [0.4, 0.5) is 0 Å². The second-order valence-corrected chi connectivity index (χ2v) is 12.9. The van der Waals surface area contributed by atoms with E-state index in [0.717, 1.165) is 24.8 Å². The Hall–Kier alpha value is -0.843. The van der Waals surface area contributed by atoms with Crippen LogP contribution in [0.1, 0.15) is 142 Å². The Kier molecular flexibility index (Phi) is 14.5. The Labute approximate surface area is 213 Å². The molecular formula is C30H54O3Si. The van der Waals surface area contributed by atoms with Gasteiger partial charge in [0.15, 0.2) is 0 Å². The van der Waals surface area contributed by atoms with Gasteiger partial charge < -0.3 is 13.6 Å². The standard InChI is InChI=1S/C30H54O3Si/c1-7-9-11-16-26(15-8-2)28-19-20-30(29(23-28)27-17-12-10-13-18-27)31-21-14-22-34(32-24(3)4)33-25(5)6/h19-20,23-27,34H,7-18,21-22H2,1-6H3. The van der Waals surface area contributed by atoms with Gasteiger partial charge in [0.25, 0.3) is 0 Å². The molecule has 0 aliphatic heterocycles. The summed E-state index contributed by atoms with van der Waals surface area (Å²) in [6, 6.07) is 8.21. The maximum absolute atomic E-state index is 6.46. The summed E-state index contributed by atoms with van der Waals surface area (Å²) in [5.41, 5.74) is 3.04. The van der Waals surface area contributed by atoms with Crippen molar-refractivity contribution in [1.82, 2.24) is 0 Å². The highest BCUT2D eigenvalue weighted by Gasteiger charge is 2.22. The second kappa shape index (κ2) is 16.8. The van der Waals surface area contributed by atoms with Crippen molar-refractivity contribution in [1.29, 1.82) is 0 Å². The first-order chi connectivity index (χ1) is 16.4. The fourth-order valence-electron chi connectivity index (χ4n) is 5.36. The minimum Gasteiger partial charge on any atom is -0.493 e. The molecule has 1 fully saturated rings. The number of hydrogen-bond acceptors (Lipinski definition) is 3. The zero-order valence-electron chi connectivity index (χ0n) is 23.2. The lowest BCUT2D eigenvalue weighted by atomic mass is 9.81. The largest absolute Gasteiger partial charge is 0.493 e. The Morgan fingerprint density at radius 1 is 0.853 bits per heavy atom. The maximum Gasteiger partial charge on any atom is 0.321 e. The molecule has 196 valence electrons. The molecule has 1 aromatic carbocycles. The van der Waals surface area contributed by atoms with Crippen LogP contribution in [0.15, 0.2) is 18.2 Å². The van der Waals surface area contributed by atoms with E-state index in [4.69, 9.17) is 13.6 Å². The maximum atomic E-state index is 6.46. The van der Waals surface area contributed by atoms with Gasteiger partial charge in [0.05, 0.1) is 6.61 Å². The van der Waals surface area contributed by atoms with Crippen molar-refractivity contribution in [3.8, 4) is 5.75 Å². The lowest BCUT2D eigenvalue weighted by Gasteiger charge is -2.27. The van der Waals surface area contributed by atoms with Gasteiger partial charge in [-0.15, -0.1) is 0 Å². The van der Waals surface area contributed by atoms with Crippen LogP contribution in [0.5, 0.6) is 5.75 Å². The molecule has 0 aromatic heterocycles. The number of unbranched alkanes of at least 4 members (excludes halogenated alkanes) is 2. The number of rotatable bonds is 17. The van der Waals surface area contributed by atoms with Crippen molar-refractivity contribution in [2.45, 2.75) is 149 Å². The molecule has 0 spiro atoms. The van der Waals surface area contributed by atoms with Gasteiger partial charge in [-0.25, -0.2) is 0 Å². The van der Waals surface area contributed by atoms with Crippen LogP contribution in [-0.4, -0.2) is 28.1 Å². The SMILES string of the molecule is CCCCCC(CCC)c1ccc(OCCC[SiH](OC(C)C)OC(C)C)c(C2CCCCC2)c1. The van der Waals surface area contributed by atoms with Gasteiger partial charge in [-0.1, -0.05) is 70.9 Å². The molecular weight excluding hydrogens is 436 g/mol. The van der Waals surface area contributed by atoms with Crippen LogP contribution < -0.4 is 4.74 Å². The van der Waals surface area contributed by atoms with Crippen molar-refractivity contribution in [2.24, 2.45) is 0 Å². The average Bonchev–Trinajstić information content (AvgIpc) is 2.81. The predicted octanol–water partition coefficient (Wildman–Crippen LogP) is 9.04. The molecule has 2 rings (SSSR count). The molecule has 0 amide bonds. The number of ether oxygens (including phenoxy) is 1. The molecule has 3 nitrogen and oxygen atoms in total. The van der Waals surface area contributed by atoms with E-state index in [9.17, 15) is 0 Å². The third-order valence-corrected chi connectivity index (χ3v) is 9.61. The minimum atomic E-state index is -1.64. The van der Waals surface area contributed by atoms with Crippen LogP contribution in [0.3, 0.4) is 0 Å². The molecule has 0 bridgehead atoms. The number of hydrogen-bond donors (Lipinski definition) is 0. The quantitative estimate of drug-likeness (QED) is 0.161. The molecule has 1 unspecified atom stereocenters. The van der Waals surface area contributed by atoms with Gasteiger partial charge in [0.1, 0.15) is 5.75 Å². The first kappa shape index (κ1) is 29.4. The molecule has 1 saturated carbocycles. The smallest absolute Gasteiger partial charge is 0.321 e. The van der Waals surface area contributed by atoms with E-state index in [1.54, 1.807) is 5.56 Å². The van der Waals surface area contributed by atoms with Crippen molar-refractivity contribution in [2.75, 3.05) is 6.61 Å². The van der Waals surface area contributed by atoms with Gasteiger partial charge in [-0.2, -0.15) is 0 Å². The fraction of sp³-hybridized carbons (Fsp3) is 0.800. The summed E-state index contributed by atoms with van der Waals surface area (Å²) in [7, 11) is -1.64. The van der Waals surface area contributed by atoms with Gasteiger partial charge >= 0.3 is 9.28 Å². The van der Waals surface area contributed by atoms with Gasteiger partial charge in [0.2, 0.25) is 0 Å². The van der Waals surface area contributed by atoms with Gasteiger partial charge in [-0.05, 0) is 94.9 Å². The molecule has 0 saturated heterocycles. The van der Waals surface area contributed by atoms with Crippen LogP contribution >= 0.6 is 0 Å². The third-order valence-electron chi connectivity index (χ3n) is 7.03. The highest BCUT2D eigenvalue weighted by Crippen LogP contribution is 2.40. The highest BCUT2D eigenvalue weighted by molar-refractivity contribution is 6.44. The van der Waals surface area contributed by atoms with E-state index in [2.05, 4.69) is 59.7 Å². The Bertz CT molecular complexity index is 644. The molecule has 4 heteroatoms. The monoisotopic (exact) mass is 490 g/mol.